The molecule has 0 unspecified atom stereocenters. The summed E-state index contributed by atoms with van der Waals surface area (Å²) in [7, 11) is 0. The zero-order valence-electron chi connectivity index (χ0n) is 17.0. The minimum Gasteiger partial charge on any atom is -0.489 e. The lowest BCUT2D eigenvalue weighted by atomic mass is 10.2. The summed E-state index contributed by atoms with van der Waals surface area (Å²) >= 11 is 5.20. The number of carbonyl (C=O) groups excluding carboxylic acids is 2. The van der Waals surface area contributed by atoms with Gasteiger partial charge in [0.15, 0.2) is 5.11 Å². The predicted molar refractivity (Wildman–Crippen MR) is 123 cm³/mol. The second kappa shape index (κ2) is 10.9. The first kappa shape index (κ1) is 22.0. The number of hydrogen-bond acceptors (Lipinski definition) is 5. The van der Waals surface area contributed by atoms with E-state index in [0.717, 1.165) is 5.56 Å². The van der Waals surface area contributed by atoms with Crippen molar-refractivity contribution in [3.8, 4) is 5.75 Å². The third-order valence-electron chi connectivity index (χ3n) is 4.25. The van der Waals surface area contributed by atoms with Gasteiger partial charge in [0, 0.05) is 11.3 Å². The molecule has 0 spiro atoms. The molecule has 0 saturated carbocycles. The van der Waals surface area contributed by atoms with Gasteiger partial charge >= 0.3 is 5.97 Å². The summed E-state index contributed by atoms with van der Waals surface area (Å²) in [5.74, 6) is -0.0563. The van der Waals surface area contributed by atoms with Gasteiger partial charge in [0.25, 0.3) is 5.91 Å². The quantitative estimate of drug-likeness (QED) is 0.419. The molecule has 0 fully saturated rings. The van der Waals surface area contributed by atoms with E-state index in [1.165, 1.54) is 0 Å². The molecule has 1 amide bonds. The topological polar surface area (TPSA) is 76.7 Å². The van der Waals surface area contributed by atoms with Gasteiger partial charge < -0.3 is 14.8 Å². The van der Waals surface area contributed by atoms with E-state index in [1.807, 2.05) is 30.3 Å². The first-order valence-corrected chi connectivity index (χ1v) is 10.1. The van der Waals surface area contributed by atoms with Gasteiger partial charge in [-0.2, -0.15) is 0 Å². The number of carbonyl (C=O) groups is 2. The van der Waals surface area contributed by atoms with Crippen LogP contribution in [-0.2, 0) is 11.3 Å². The van der Waals surface area contributed by atoms with Crippen LogP contribution in [0.25, 0.3) is 0 Å². The van der Waals surface area contributed by atoms with Gasteiger partial charge in [0.1, 0.15) is 12.4 Å². The molecular weight excluding hydrogens is 412 g/mol. The summed E-state index contributed by atoms with van der Waals surface area (Å²) in [6.45, 7) is 2.52. The van der Waals surface area contributed by atoms with E-state index in [9.17, 15) is 9.59 Å². The van der Waals surface area contributed by atoms with Gasteiger partial charge in [-0.3, -0.25) is 10.1 Å². The number of hydrogen-bond donors (Lipinski definition) is 2. The Labute approximate surface area is 186 Å². The highest BCUT2D eigenvalue weighted by atomic mass is 32.1. The van der Waals surface area contributed by atoms with E-state index >= 15 is 0 Å². The highest BCUT2D eigenvalue weighted by Gasteiger charge is 2.10. The summed E-state index contributed by atoms with van der Waals surface area (Å²) in [6, 6.07) is 23.3. The highest BCUT2D eigenvalue weighted by Crippen LogP contribution is 2.15. The maximum atomic E-state index is 12.4. The van der Waals surface area contributed by atoms with Crippen LogP contribution in [0.1, 0.15) is 33.2 Å². The SMILES string of the molecule is CCOC(=O)c1ccc(NC(=S)NC(=O)c2ccc(OCc3ccccc3)cc2)cc1. The third kappa shape index (κ3) is 6.65. The summed E-state index contributed by atoms with van der Waals surface area (Å²) in [4.78, 5) is 24.1. The van der Waals surface area contributed by atoms with Crippen LogP contribution in [0, 0.1) is 0 Å². The van der Waals surface area contributed by atoms with Crippen molar-refractivity contribution >= 4 is 34.9 Å². The van der Waals surface area contributed by atoms with Crippen LogP contribution < -0.4 is 15.4 Å². The van der Waals surface area contributed by atoms with Crippen LogP contribution in [0.4, 0.5) is 5.69 Å². The number of thiocarbonyl (C=S) groups is 1. The fourth-order valence-electron chi connectivity index (χ4n) is 2.69. The molecule has 0 aliphatic heterocycles. The highest BCUT2D eigenvalue weighted by molar-refractivity contribution is 7.80. The third-order valence-corrected chi connectivity index (χ3v) is 4.45. The molecule has 7 heteroatoms. The van der Waals surface area contributed by atoms with Crippen molar-refractivity contribution in [3.05, 3.63) is 95.6 Å². The molecule has 0 bridgehead atoms. The minimum atomic E-state index is -0.388. The Morgan fingerprint density at radius 2 is 1.52 bits per heavy atom. The lowest BCUT2D eigenvalue weighted by Crippen LogP contribution is -2.34. The number of esters is 1. The normalized spacial score (nSPS) is 10.1. The van der Waals surface area contributed by atoms with Gasteiger partial charge in [-0.1, -0.05) is 30.3 Å². The Balaban J connectivity index is 1.50. The number of nitrogens with one attached hydrogen (secondary N) is 2. The summed E-state index contributed by atoms with van der Waals surface area (Å²) < 4.78 is 10.7. The van der Waals surface area contributed by atoms with Crippen LogP contribution in [0.5, 0.6) is 5.75 Å². The van der Waals surface area contributed by atoms with E-state index in [2.05, 4.69) is 10.6 Å². The largest absolute Gasteiger partial charge is 0.489 e. The molecule has 0 aliphatic rings. The van der Waals surface area contributed by atoms with Gasteiger partial charge in [0.05, 0.1) is 12.2 Å². The molecule has 0 aromatic heterocycles. The zero-order valence-corrected chi connectivity index (χ0v) is 17.8. The molecule has 2 N–H and O–H groups in total. The van der Waals surface area contributed by atoms with Crippen molar-refractivity contribution in [1.82, 2.24) is 5.32 Å². The van der Waals surface area contributed by atoms with Crippen LogP contribution in [0.3, 0.4) is 0 Å². The molecule has 0 radical (unpaired) electrons. The smallest absolute Gasteiger partial charge is 0.338 e. The Bertz CT molecular complexity index is 1040. The fourth-order valence-corrected chi connectivity index (χ4v) is 2.90. The van der Waals surface area contributed by atoms with Gasteiger partial charge in [0.2, 0.25) is 0 Å². The van der Waals surface area contributed by atoms with Crippen LogP contribution >= 0.6 is 12.2 Å². The van der Waals surface area contributed by atoms with Crippen molar-refractivity contribution in [2.45, 2.75) is 13.5 Å². The Hall–Kier alpha value is -3.71. The number of ether oxygens (including phenoxy) is 2. The molecule has 3 aromatic rings. The second-order valence-electron chi connectivity index (χ2n) is 6.50. The Kier molecular flexibility index (Phi) is 7.73. The Morgan fingerprint density at radius 1 is 0.871 bits per heavy atom. The first-order chi connectivity index (χ1) is 15.0. The van der Waals surface area contributed by atoms with E-state index in [4.69, 9.17) is 21.7 Å². The maximum Gasteiger partial charge on any atom is 0.338 e. The van der Waals surface area contributed by atoms with Gasteiger partial charge in [-0.15, -0.1) is 0 Å². The summed E-state index contributed by atoms with van der Waals surface area (Å²) in [5.41, 5.74) is 2.60. The number of anilines is 1. The van der Waals surface area contributed by atoms with E-state index in [0.29, 0.717) is 35.8 Å². The molecule has 6 nitrogen and oxygen atoms in total. The molecule has 0 atom stereocenters. The summed E-state index contributed by atoms with van der Waals surface area (Å²) in [6.07, 6.45) is 0. The van der Waals surface area contributed by atoms with Crippen LogP contribution in [0.15, 0.2) is 78.9 Å². The maximum absolute atomic E-state index is 12.4. The van der Waals surface area contributed by atoms with Crippen molar-refractivity contribution in [3.63, 3.8) is 0 Å². The molecule has 31 heavy (non-hydrogen) atoms. The first-order valence-electron chi connectivity index (χ1n) is 9.71. The van der Waals surface area contributed by atoms with Crippen molar-refractivity contribution in [1.29, 1.82) is 0 Å². The van der Waals surface area contributed by atoms with Crippen molar-refractivity contribution in [2.75, 3.05) is 11.9 Å². The minimum absolute atomic E-state index is 0.151. The Morgan fingerprint density at radius 3 is 2.16 bits per heavy atom. The van der Waals surface area contributed by atoms with Crippen molar-refractivity contribution < 1.29 is 19.1 Å². The van der Waals surface area contributed by atoms with Gasteiger partial charge in [-0.25, -0.2) is 4.79 Å². The van der Waals surface area contributed by atoms with E-state index in [1.54, 1.807) is 55.5 Å². The number of benzene rings is 3. The zero-order chi connectivity index (χ0) is 22.1. The number of rotatable bonds is 7. The molecule has 158 valence electrons. The molecule has 3 aromatic carbocycles. The monoisotopic (exact) mass is 434 g/mol. The lowest BCUT2D eigenvalue weighted by Gasteiger charge is -2.11. The molecule has 0 saturated heterocycles. The standard InChI is InChI=1S/C24H22N2O4S/c1-2-29-23(28)19-8-12-20(13-9-19)25-24(31)26-22(27)18-10-14-21(15-11-18)30-16-17-6-4-3-5-7-17/h3-15H,2,16H2,1H3,(H2,25,26,27,31). The van der Waals surface area contributed by atoms with E-state index in [-0.39, 0.29) is 17.0 Å². The van der Waals surface area contributed by atoms with Crippen LogP contribution in [0.2, 0.25) is 0 Å². The van der Waals surface area contributed by atoms with E-state index < -0.39 is 0 Å². The predicted octanol–water partition coefficient (Wildman–Crippen LogP) is 4.57. The summed E-state index contributed by atoms with van der Waals surface area (Å²) in [5, 5.41) is 5.69. The average molecular weight is 435 g/mol. The second-order valence-corrected chi connectivity index (χ2v) is 6.91. The average Bonchev–Trinajstić information content (AvgIpc) is 2.79. The fraction of sp³-hybridized carbons (Fsp3) is 0.125. The van der Waals surface area contributed by atoms with Gasteiger partial charge in [-0.05, 0) is 73.2 Å². The van der Waals surface area contributed by atoms with Crippen LogP contribution in [-0.4, -0.2) is 23.6 Å². The molecule has 3 rings (SSSR count). The lowest BCUT2D eigenvalue weighted by molar-refractivity contribution is 0.0526. The van der Waals surface area contributed by atoms with Crippen molar-refractivity contribution in [2.24, 2.45) is 0 Å². The number of amides is 1. The molecular formula is C24H22N2O4S. The molecule has 0 aliphatic carbocycles. The molecule has 0 heterocycles.